The Labute approximate surface area is 226 Å². The normalized spacial score (nSPS) is 33.1. The second-order valence-corrected chi connectivity index (χ2v) is 11.3. The van der Waals surface area contributed by atoms with Crippen LogP contribution in [0.4, 0.5) is 0 Å². The lowest BCUT2D eigenvalue weighted by Gasteiger charge is -2.50. The van der Waals surface area contributed by atoms with Gasteiger partial charge in [0.1, 0.15) is 5.84 Å². The zero-order chi connectivity index (χ0) is 25.6. The van der Waals surface area contributed by atoms with Gasteiger partial charge in [-0.25, -0.2) is 4.99 Å². The minimum absolute atomic E-state index is 0.0998. The summed E-state index contributed by atoms with van der Waals surface area (Å²) in [5.41, 5.74) is 5.95. The van der Waals surface area contributed by atoms with E-state index >= 15 is 0 Å². The van der Waals surface area contributed by atoms with Crippen LogP contribution in [0, 0.1) is 17.8 Å². The molecule has 0 spiro atoms. The van der Waals surface area contributed by atoms with E-state index in [2.05, 4.69) is 128 Å². The van der Waals surface area contributed by atoms with Crippen LogP contribution in [0.1, 0.15) is 43.7 Å². The van der Waals surface area contributed by atoms with Crippen molar-refractivity contribution in [2.24, 2.45) is 27.7 Å². The lowest BCUT2D eigenvalue weighted by Crippen LogP contribution is -2.56. The highest BCUT2D eigenvalue weighted by Crippen LogP contribution is 2.66. The first kappa shape index (κ1) is 23.3. The first-order chi connectivity index (χ1) is 18.7. The molecule has 0 radical (unpaired) electrons. The molecule has 38 heavy (non-hydrogen) atoms. The molecule has 0 saturated heterocycles. The third kappa shape index (κ3) is 3.32. The van der Waals surface area contributed by atoms with Crippen molar-refractivity contribution in [2.45, 2.75) is 43.6 Å². The Morgan fingerprint density at radius 1 is 0.763 bits per heavy atom. The van der Waals surface area contributed by atoms with Gasteiger partial charge in [-0.1, -0.05) is 121 Å². The molecule has 1 saturated carbocycles. The molecule has 0 bridgehead atoms. The van der Waals surface area contributed by atoms with Crippen LogP contribution in [-0.4, -0.2) is 17.1 Å². The molecule has 0 amide bonds. The van der Waals surface area contributed by atoms with Crippen LogP contribution in [0.25, 0.3) is 0 Å². The van der Waals surface area contributed by atoms with E-state index in [1.54, 1.807) is 0 Å². The van der Waals surface area contributed by atoms with Crippen LogP contribution < -0.4 is 0 Å². The zero-order valence-corrected chi connectivity index (χ0v) is 22.0. The topological polar surface area (TPSA) is 24.7 Å². The summed E-state index contributed by atoms with van der Waals surface area (Å²) in [6, 6.07) is 22.1. The molecule has 5 atom stereocenters. The van der Waals surface area contributed by atoms with Crippen molar-refractivity contribution in [3.05, 3.63) is 144 Å². The van der Waals surface area contributed by atoms with Gasteiger partial charge in [-0.05, 0) is 60.8 Å². The second-order valence-electron chi connectivity index (χ2n) is 11.3. The van der Waals surface area contributed by atoms with E-state index in [-0.39, 0.29) is 17.3 Å². The van der Waals surface area contributed by atoms with E-state index in [4.69, 9.17) is 9.98 Å². The highest BCUT2D eigenvalue weighted by atomic mass is 15.1. The van der Waals surface area contributed by atoms with E-state index in [0.717, 1.165) is 31.5 Å². The van der Waals surface area contributed by atoms with Crippen molar-refractivity contribution in [3.8, 4) is 0 Å². The van der Waals surface area contributed by atoms with Gasteiger partial charge in [0.2, 0.25) is 0 Å². The maximum absolute atomic E-state index is 5.81. The summed E-state index contributed by atoms with van der Waals surface area (Å²) >= 11 is 0. The number of hydrogen-bond acceptors (Lipinski definition) is 2. The monoisotopic (exact) mass is 494 g/mol. The zero-order valence-electron chi connectivity index (χ0n) is 22.0. The molecule has 1 aliphatic heterocycles. The van der Waals surface area contributed by atoms with Gasteiger partial charge in [0, 0.05) is 5.92 Å². The summed E-state index contributed by atoms with van der Waals surface area (Å²) in [5.74, 6) is 1.57. The summed E-state index contributed by atoms with van der Waals surface area (Å²) in [7, 11) is 0. The van der Waals surface area contributed by atoms with E-state index in [1.165, 1.54) is 28.0 Å². The molecular weight excluding hydrogens is 460 g/mol. The lowest BCUT2D eigenvalue weighted by atomic mass is 9.55. The first-order valence-electron chi connectivity index (χ1n) is 14.1. The number of aliphatic imine (C=N–C) groups is 2. The third-order valence-electron chi connectivity index (χ3n) is 9.29. The number of allylic oxidation sites excluding steroid dienone is 9. The maximum atomic E-state index is 5.81. The van der Waals surface area contributed by atoms with Gasteiger partial charge in [0.25, 0.3) is 0 Å². The van der Waals surface area contributed by atoms with Crippen LogP contribution in [-0.2, 0) is 5.41 Å². The summed E-state index contributed by atoms with van der Waals surface area (Å²) < 4.78 is 0. The predicted octanol–water partition coefficient (Wildman–Crippen LogP) is 8.13. The Balaban J connectivity index is 1.55. The number of fused-ring (bicyclic) bond motifs is 3. The molecule has 2 nitrogen and oxygen atoms in total. The Kier molecular flexibility index (Phi) is 5.65. The number of hydrogen-bond donors (Lipinski definition) is 0. The standard InChI is InChI=1S/C36H34N2/c1-35-32(33(26-16-6-2-7-17-26)37-34(38-35)27-18-8-3-9-19-27)30-24-14-15-25-31(30)36(35,28-20-10-4-11-21-28)29-22-12-5-13-23-29/h2-13,16-18,20-22,24-25,27,29,32H,14-15,19,23H2,1H3. The highest BCUT2D eigenvalue weighted by Gasteiger charge is 2.68. The molecule has 1 fully saturated rings. The second kappa shape index (κ2) is 9.20. The molecule has 5 aliphatic rings. The molecule has 2 aromatic carbocycles. The Morgan fingerprint density at radius 3 is 2.18 bits per heavy atom. The fourth-order valence-corrected chi connectivity index (χ4v) is 7.79. The summed E-state index contributed by atoms with van der Waals surface area (Å²) in [6.07, 6.45) is 27.2. The highest BCUT2D eigenvalue weighted by molar-refractivity contribution is 6.14. The van der Waals surface area contributed by atoms with Gasteiger partial charge >= 0.3 is 0 Å². The molecular formula is C36H34N2. The van der Waals surface area contributed by atoms with Crippen LogP contribution in [0.15, 0.2) is 143 Å². The molecule has 7 rings (SSSR count). The van der Waals surface area contributed by atoms with Crippen molar-refractivity contribution >= 4 is 11.5 Å². The lowest BCUT2D eigenvalue weighted by molar-refractivity contribution is 0.226. The molecule has 0 N–H and O–H groups in total. The van der Waals surface area contributed by atoms with Crippen molar-refractivity contribution in [1.82, 2.24) is 0 Å². The van der Waals surface area contributed by atoms with Crippen LogP contribution in [0.2, 0.25) is 0 Å². The Morgan fingerprint density at radius 2 is 1.47 bits per heavy atom. The summed E-state index contributed by atoms with van der Waals surface area (Å²) in [4.78, 5) is 11.2. The van der Waals surface area contributed by atoms with Gasteiger partial charge in [-0.2, -0.15) is 0 Å². The van der Waals surface area contributed by atoms with E-state index < -0.39 is 5.54 Å². The Bertz CT molecular complexity index is 1480. The number of rotatable bonds is 4. The average Bonchev–Trinajstić information content (AvgIpc) is 3.24. The molecule has 4 aliphatic carbocycles. The molecule has 2 heteroatoms. The fourth-order valence-electron chi connectivity index (χ4n) is 7.79. The van der Waals surface area contributed by atoms with Crippen LogP contribution in [0.5, 0.6) is 0 Å². The molecule has 2 aromatic rings. The first-order valence-corrected chi connectivity index (χ1v) is 14.1. The smallest absolute Gasteiger partial charge is 0.131 e. The van der Waals surface area contributed by atoms with Crippen molar-refractivity contribution < 1.29 is 0 Å². The molecule has 5 unspecified atom stereocenters. The number of benzene rings is 2. The van der Waals surface area contributed by atoms with Gasteiger partial charge in [0.05, 0.1) is 22.6 Å². The van der Waals surface area contributed by atoms with Crippen LogP contribution >= 0.6 is 0 Å². The van der Waals surface area contributed by atoms with Gasteiger partial charge < -0.3 is 0 Å². The van der Waals surface area contributed by atoms with Crippen molar-refractivity contribution in [3.63, 3.8) is 0 Å². The minimum Gasteiger partial charge on any atom is -0.261 e. The van der Waals surface area contributed by atoms with E-state index in [9.17, 15) is 0 Å². The van der Waals surface area contributed by atoms with Gasteiger partial charge in [-0.3, -0.25) is 4.99 Å². The van der Waals surface area contributed by atoms with Crippen LogP contribution in [0.3, 0.4) is 0 Å². The largest absolute Gasteiger partial charge is 0.261 e. The predicted molar refractivity (Wildman–Crippen MR) is 159 cm³/mol. The van der Waals surface area contributed by atoms with Gasteiger partial charge in [0.15, 0.2) is 0 Å². The molecule has 0 aromatic heterocycles. The number of amidine groups is 1. The quantitative estimate of drug-likeness (QED) is 0.410. The van der Waals surface area contributed by atoms with Gasteiger partial charge in [-0.15, -0.1) is 0 Å². The molecule has 1 heterocycles. The number of nitrogens with zero attached hydrogens (tertiary/aromatic N) is 2. The molecule has 188 valence electrons. The summed E-state index contributed by atoms with van der Waals surface area (Å²) in [6.45, 7) is 2.44. The van der Waals surface area contributed by atoms with Crippen molar-refractivity contribution in [1.29, 1.82) is 0 Å². The van der Waals surface area contributed by atoms with E-state index in [1.807, 2.05) is 0 Å². The van der Waals surface area contributed by atoms with Crippen molar-refractivity contribution in [2.75, 3.05) is 0 Å². The Hall–Kier alpha value is -3.78. The minimum atomic E-state index is -0.423. The average molecular weight is 495 g/mol. The fraction of sp³-hybridized carbons (Fsp3) is 0.278. The maximum Gasteiger partial charge on any atom is 0.131 e. The summed E-state index contributed by atoms with van der Waals surface area (Å²) in [5, 5.41) is 0. The van der Waals surface area contributed by atoms with E-state index in [0.29, 0.717) is 5.92 Å². The third-order valence-corrected chi connectivity index (χ3v) is 9.29. The SMILES string of the molecule is CC12N=C(C3C=CC=CC3)N=C(c3ccccc3)C1C1=CCCC=C1C2(c1ccccc1)C1C=CC=CC1.